The maximum Gasteiger partial charge on any atom is 0.161 e. The molecular weight excluding hydrogens is 250 g/mol. The number of aliphatic hydroxyl groups excluding tert-OH is 1. The molecular formula is C11H17N5O3. The van der Waals surface area contributed by atoms with Crippen LogP contribution in [0, 0.1) is 0 Å². The minimum atomic E-state index is -0.534. The van der Waals surface area contributed by atoms with Gasteiger partial charge in [0.15, 0.2) is 11.6 Å². The lowest BCUT2D eigenvalue weighted by Crippen LogP contribution is -2.36. The average Bonchev–Trinajstić information content (AvgIpc) is 2.95. The Balaban J connectivity index is 1.78. The first-order chi connectivity index (χ1) is 9.20. The minimum Gasteiger partial charge on any atom is -0.390 e. The van der Waals surface area contributed by atoms with Crippen LogP contribution in [0.4, 0.5) is 17.3 Å². The van der Waals surface area contributed by atoms with Crippen LogP contribution in [0.1, 0.15) is 6.42 Å². The number of fused-ring (bicyclic) bond motifs is 1. The molecule has 0 aromatic carbocycles. The number of aliphatic hydroxyl groups is 1. The number of ether oxygens (including phenoxy) is 2. The quantitative estimate of drug-likeness (QED) is 0.664. The smallest absolute Gasteiger partial charge is 0.161 e. The van der Waals surface area contributed by atoms with Crippen molar-refractivity contribution in [1.29, 1.82) is 0 Å². The molecule has 2 aliphatic rings. The summed E-state index contributed by atoms with van der Waals surface area (Å²) in [5.74, 6) is 1.13. The minimum absolute atomic E-state index is 0.238. The van der Waals surface area contributed by atoms with Gasteiger partial charge in [0, 0.05) is 13.5 Å². The Bertz CT molecular complexity index is 472. The molecule has 0 unspecified atom stereocenters. The molecule has 4 N–H and O–H groups in total. The summed E-state index contributed by atoms with van der Waals surface area (Å²) in [7, 11) is 1.59. The lowest BCUT2D eigenvalue weighted by atomic mass is 10.2. The summed E-state index contributed by atoms with van der Waals surface area (Å²) >= 11 is 0. The highest BCUT2D eigenvalue weighted by molar-refractivity contribution is 5.79. The van der Waals surface area contributed by atoms with Crippen LogP contribution < -0.4 is 16.0 Å². The van der Waals surface area contributed by atoms with Crippen molar-refractivity contribution < 1.29 is 14.6 Å². The van der Waals surface area contributed by atoms with Gasteiger partial charge in [0.1, 0.15) is 24.3 Å². The number of nitrogens with one attached hydrogen (secondary N) is 1. The Morgan fingerprint density at radius 2 is 2.47 bits per heavy atom. The third-order valence-corrected chi connectivity index (χ3v) is 3.44. The predicted molar refractivity (Wildman–Crippen MR) is 68.6 cm³/mol. The van der Waals surface area contributed by atoms with E-state index in [9.17, 15) is 5.11 Å². The molecule has 104 valence electrons. The van der Waals surface area contributed by atoms with Gasteiger partial charge in [0.2, 0.25) is 0 Å². The Morgan fingerprint density at radius 3 is 3.26 bits per heavy atom. The van der Waals surface area contributed by atoms with Gasteiger partial charge in [0.05, 0.1) is 19.4 Å². The van der Waals surface area contributed by atoms with Gasteiger partial charge >= 0.3 is 0 Å². The van der Waals surface area contributed by atoms with Gasteiger partial charge < -0.3 is 30.5 Å². The van der Waals surface area contributed by atoms with Gasteiger partial charge in [-0.05, 0) is 0 Å². The van der Waals surface area contributed by atoms with Crippen molar-refractivity contribution >= 4 is 17.3 Å². The Hall–Kier alpha value is -1.64. The van der Waals surface area contributed by atoms with Crippen molar-refractivity contribution in [3.05, 3.63) is 6.33 Å². The summed E-state index contributed by atoms with van der Waals surface area (Å²) in [6.45, 7) is 0.910. The standard InChI is InChI=1S/C11H17N5O3/c1-18-3-7-6(17)2-8(19-7)16-5-15-9-10(12)13-4-14-11(9)16/h4,6-8,15,17H,2-3,5H2,1H3,(H2,12,13,14)/t6-,7-,8-/m1/s1. The number of hydrogen-bond acceptors (Lipinski definition) is 8. The van der Waals surface area contributed by atoms with E-state index in [1.807, 2.05) is 4.90 Å². The fraction of sp³-hybridized carbons (Fsp3) is 0.636. The summed E-state index contributed by atoms with van der Waals surface area (Å²) in [4.78, 5) is 10.1. The summed E-state index contributed by atoms with van der Waals surface area (Å²) in [5.41, 5.74) is 6.50. The normalized spacial score (nSPS) is 29.4. The van der Waals surface area contributed by atoms with Gasteiger partial charge in [-0.3, -0.25) is 0 Å². The third-order valence-electron chi connectivity index (χ3n) is 3.44. The van der Waals surface area contributed by atoms with Gasteiger partial charge in [-0.2, -0.15) is 0 Å². The summed E-state index contributed by atoms with van der Waals surface area (Å²) in [6.07, 6.45) is 0.857. The van der Waals surface area contributed by atoms with Gasteiger partial charge in [-0.1, -0.05) is 0 Å². The van der Waals surface area contributed by atoms with E-state index in [1.165, 1.54) is 6.33 Å². The Labute approximate surface area is 110 Å². The molecule has 1 saturated heterocycles. The van der Waals surface area contributed by atoms with Gasteiger partial charge in [0.25, 0.3) is 0 Å². The van der Waals surface area contributed by atoms with Crippen molar-refractivity contribution in [2.75, 3.05) is 36.3 Å². The van der Waals surface area contributed by atoms with E-state index >= 15 is 0 Å². The van der Waals surface area contributed by atoms with Crippen molar-refractivity contribution in [3.8, 4) is 0 Å². The largest absolute Gasteiger partial charge is 0.390 e. The van der Waals surface area contributed by atoms with Crippen LogP contribution in [0.15, 0.2) is 6.33 Å². The van der Waals surface area contributed by atoms with Gasteiger partial charge in [-0.25, -0.2) is 9.97 Å². The summed E-state index contributed by atoms with van der Waals surface area (Å²) in [5, 5.41) is 13.1. The molecule has 1 aromatic rings. The zero-order chi connectivity index (χ0) is 13.4. The lowest BCUT2D eigenvalue weighted by molar-refractivity contribution is -0.0330. The average molecular weight is 267 g/mol. The number of hydrogen-bond donors (Lipinski definition) is 3. The zero-order valence-corrected chi connectivity index (χ0v) is 10.6. The van der Waals surface area contributed by atoms with E-state index in [4.69, 9.17) is 15.2 Å². The second kappa shape index (κ2) is 4.80. The van der Waals surface area contributed by atoms with Crippen LogP contribution in [0.3, 0.4) is 0 Å². The molecule has 0 saturated carbocycles. The number of rotatable bonds is 3. The first-order valence-corrected chi connectivity index (χ1v) is 6.14. The second-order valence-corrected chi connectivity index (χ2v) is 4.65. The fourth-order valence-electron chi connectivity index (χ4n) is 2.48. The molecule has 0 bridgehead atoms. The first kappa shape index (κ1) is 12.4. The van der Waals surface area contributed by atoms with E-state index in [1.54, 1.807) is 7.11 Å². The maximum absolute atomic E-state index is 9.94. The number of nitrogens with two attached hydrogens (primary N) is 1. The fourth-order valence-corrected chi connectivity index (χ4v) is 2.48. The van der Waals surface area contributed by atoms with Crippen LogP contribution in [0.2, 0.25) is 0 Å². The topological polar surface area (TPSA) is 106 Å². The summed E-state index contributed by atoms with van der Waals surface area (Å²) < 4.78 is 10.8. The number of anilines is 3. The molecule has 0 aliphatic carbocycles. The third kappa shape index (κ3) is 2.07. The summed E-state index contributed by atoms with van der Waals surface area (Å²) in [6, 6.07) is 0. The molecule has 1 fully saturated rings. The molecule has 3 atom stereocenters. The Morgan fingerprint density at radius 1 is 1.63 bits per heavy atom. The number of methoxy groups -OCH3 is 1. The molecule has 0 spiro atoms. The van der Waals surface area contributed by atoms with Gasteiger partial charge in [-0.15, -0.1) is 0 Å². The molecule has 3 rings (SSSR count). The van der Waals surface area contributed by atoms with Crippen LogP contribution in [0.5, 0.6) is 0 Å². The number of nitrogen functional groups attached to an aromatic ring is 1. The molecule has 3 heterocycles. The Kier molecular flexibility index (Phi) is 3.13. The maximum atomic E-state index is 9.94. The monoisotopic (exact) mass is 267 g/mol. The number of aromatic nitrogens is 2. The predicted octanol–water partition coefficient (Wildman–Crippen LogP) is -0.629. The molecule has 0 radical (unpaired) electrons. The van der Waals surface area contributed by atoms with Crippen molar-refractivity contribution in [3.63, 3.8) is 0 Å². The highest BCUT2D eigenvalue weighted by Crippen LogP contribution is 2.36. The second-order valence-electron chi connectivity index (χ2n) is 4.65. The molecule has 8 nitrogen and oxygen atoms in total. The van der Waals surface area contributed by atoms with E-state index in [0.717, 1.165) is 5.69 Å². The lowest BCUT2D eigenvalue weighted by Gasteiger charge is -2.24. The van der Waals surface area contributed by atoms with Crippen LogP contribution in [-0.2, 0) is 9.47 Å². The highest BCUT2D eigenvalue weighted by Gasteiger charge is 2.40. The SMILES string of the molecule is COC[C@H]1O[C@@H](N2CNc3c(N)ncnc32)C[C@H]1O. The molecule has 1 aromatic heterocycles. The van der Waals surface area contributed by atoms with E-state index in [-0.39, 0.29) is 12.3 Å². The van der Waals surface area contributed by atoms with Crippen LogP contribution in [0.25, 0.3) is 0 Å². The molecule has 19 heavy (non-hydrogen) atoms. The number of nitrogens with zero attached hydrogens (tertiary/aromatic N) is 3. The van der Waals surface area contributed by atoms with Crippen molar-refractivity contribution in [2.24, 2.45) is 0 Å². The van der Waals surface area contributed by atoms with E-state index in [2.05, 4.69) is 15.3 Å². The highest BCUT2D eigenvalue weighted by atomic mass is 16.6. The molecule has 8 heteroatoms. The van der Waals surface area contributed by atoms with E-state index in [0.29, 0.717) is 31.3 Å². The van der Waals surface area contributed by atoms with Crippen molar-refractivity contribution in [1.82, 2.24) is 9.97 Å². The van der Waals surface area contributed by atoms with Crippen LogP contribution in [-0.4, -0.2) is 53.9 Å². The van der Waals surface area contributed by atoms with Crippen LogP contribution >= 0.6 is 0 Å². The first-order valence-electron chi connectivity index (χ1n) is 6.14. The molecule has 0 amide bonds. The van der Waals surface area contributed by atoms with Crippen molar-refractivity contribution in [2.45, 2.75) is 24.9 Å². The molecule has 2 aliphatic heterocycles. The van der Waals surface area contributed by atoms with E-state index < -0.39 is 6.10 Å². The zero-order valence-electron chi connectivity index (χ0n) is 10.6.